The van der Waals surface area contributed by atoms with E-state index in [9.17, 15) is 0 Å². The molecule has 0 bridgehead atoms. The summed E-state index contributed by atoms with van der Waals surface area (Å²) in [5.74, 6) is 1.07. The highest BCUT2D eigenvalue weighted by Gasteiger charge is 1.94. The predicted molar refractivity (Wildman–Crippen MR) is 96.8 cm³/mol. The second kappa shape index (κ2) is 24.8. The quantitative estimate of drug-likeness (QED) is 0.186. The molecule has 0 aliphatic rings. The number of hydrogen-bond donors (Lipinski definition) is 1. The summed E-state index contributed by atoms with van der Waals surface area (Å²) < 4.78 is 0. The second-order valence-corrected chi connectivity index (χ2v) is 6.47. The Kier molecular flexibility index (Phi) is 27.2. The third kappa shape index (κ3) is 25.1. The van der Waals surface area contributed by atoms with Crippen molar-refractivity contribution in [3.05, 3.63) is 0 Å². The predicted octanol–water partition coefficient (Wildman–Crippen LogP) is 7.21. The van der Waals surface area contributed by atoms with Gasteiger partial charge in [-0.1, -0.05) is 103 Å². The van der Waals surface area contributed by atoms with E-state index in [0.29, 0.717) is 0 Å². The van der Waals surface area contributed by atoms with Gasteiger partial charge in [0, 0.05) is 10.8 Å². The lowest BCUT2D eigenvalue weighted by Gasteiger charge is -2.03. The molecule has 0 aromatic heterocycles. The first-order valence-corrected chi connectivity index (χ1v) is 9.86. The van der Waals surface area contributed by atoms with E-state index in [1.807, 2.05) is 0 Å². The van der Waals surface area contributed by atoms with Crippen LogP contribution in [0.15, 0.2) is 0 Å². The SMILES string of the molecule is CCCCCCCCCCCCCCCCCCS.N#N. The second-order valence-electron chi connectivity index (χ2n) is 6.03. The van der Waals surface area contributed by atoms with E-state index in [1.54, 1.807) is 0 Å². The highest BCUT2D eigenvalue weighted by atomic mass is 32.1. The zero-order valence-corrected chi connectivity index (χ0v) is 15.3. The highest BCUT2D eigenvalue weighted by Crippen LogP contribution is 2.13. The van der Waals surface area contributed by atoms with Gasteiger partial charge in [0.1, 0.15) is 0 Å². The monoisotopic (exact) mass is 314 g/mol. The first-order chi connectivity index (χ1) is 10.4. The number of rotatable bonds is 16. The molecule has 0 unspecified atom stereocenters. The number of thiol groups is 1. The fourth-order valence-corrected chi connectivity index (χ4v) is 2.88. The molecule has 0 aromatic rings. The van der Waals surface area contributed by atoms with Gasteiger partial charge >= 0.3 is 0 Å². The lowest BCUT2D eigenvalue weighted by molar-refractivity contribution is 0.532. The van der Waals surface area contributed by atoms with Crippen LogP contribution in [0.5, 0.6) is 0 Å². The maximum absolute atomic E-state index is 6.00. The number of hydrogen-bond acceptors (Lipinski definition) is 3. The lowest BCUT2D eigenvalue weighted by atomic mass is 10.0. The zero-order valence-electron chi connectivity index (χ0n) is 14.4. The van der Waals surface area contributed by atoms with Crippen LogP contribution in [0.25, 0.3) is 0 Å². The summed E-state index contributed by atoms with van der Waals surface area (Å²) in [6.45, 7) is 2.29. The van der Waals surface area contributed by atoms with Gasteiger partial charge in [-0.15, -0.1) is 0 Å². The first-order valence-electron chi connectivity index (χ1n) is 9.22. The number of nitrogens with zero attached hydrogens (tertiary/aromatic N) is 2. The van der Waals surface area contributed by atoms with Crippen LogP contribution in [-0.4, -0.2) is 5.75 Å². The van der Waals surface area contributed by atoms with E-state index in [4.69, 9.17) is 10.8 Å². The molecule has 0 amide bonds. The molecular formula is C18H38N2S. The minimum absolute atomic E-state index is 1.07. The largest absolute Gasteiger partial charge is 0.179 e. The zero-order chi connectivity index (χ0) is 16.0. The molecule has 3 heteroatoms. The average molecular weight is 315 g/mol. The third-order valence-electron chi connectivity index (χ3n) is 4.01. The standard InChI is InChI=1S/C18H38S.N2/c1-2-3-4-5-6-7-8-9-10-11-12-13-14-15-16-17-18-19;1-2/h19H,2-18H2,1H3;. The van der Waals surface area contributed by atoms with Gasteiger partial charge in [-0.05, 0) is 12.2 Å². The Morgan fingerprint density at radius 1 is 0.476 bits per heavy atom. The summed E-state index contributed by atoms with van der Waals surface area (Å²) in [7, 11) is 0. The van der Waals surface area contributed by atoms with Crippen LogP contribution < -0.4 is 0 Å². The molecule has 0 atom stereocenters. The Labute approximate surface area is 139 Å². The topological polar surface area (TPSA) is 47.6 Å². The Balaban J connectivity index is 0. The van der Waals surface area contributed by atoms with Gasteiger partial charge in [0.05, 0.1) is 0 Å². The lowest BCUT2D eigenvalue weighted by Crippen LogP contribution is -1.83. The van der Waals surface area contributed by atoms with Crippen LogP contribution >= 0.6 is 12.6 Å². The molecule has 0 rings (SSSR count). The van der Waals surface area contributed by atoms with E-state index < -0.39 is 0 Å². The fraction of sp³-hybridized carbons (Fsp3) is 1.00. The van der Waals surface area contributed by atoms with Gasteiger partial charge in [-0.2, -0.15) is 12.6 Å². The molecule has 0 saturated heterocycles. The van der Waals surface area contributed by atoms with E-state index in [0.717, 1.165) is 5.75 Å². The molecule has 0 aromatic carbocycles. The van der Waals surface area contributed by atoms with Gasteiger partial charge in [0.15, 0.2) is 0 Å². The Morgan fingerprint density at radius 2 is 0.714 bits per heavy atom. The summed E-state index contributed by atoms with van der Waals surface area (Å²) in [5, 5.41) is 12.0. The van der Waals surface area contributed by atoms with Crippen molar-refractivity contribution in [1.82, 2.24) is 0 Å². The van der Waals surface area contributed by atoms with Crippen LogP contribution in [0, 0.1) is 10.8 Å². The summed E-state index contributed by atoms with van der Waals surface area (Å²) in [6, 6.07) is 0. The molecule has 126 valence electrons. The van der Waals surface area contributed by atoms with Gasteiger partial charge in [0.2, 0.25) is 0 Å². The van der Waals surface area contributed by atoms with E-state index in [1.165, 1.54) is 103 Å². The molecule has 0 aliphatic heterocycles. The Morgan fingerprint density at radius 3 is 0.952 bits per heavy atom. The van der Waals surface area contributed by atoms with Crippen LogP contribution in [0.2, 0.25) is 0 Å². The van der Waals surface area contributed by atoms with Gasteiger partial charge < -0.3 is 0 Å². The summed E-state index contributed by atoms with van der Waals surface area (Å²) in [5.41, 5.74) is 0. The minimum atomic E-state index is 1.07. The molecule has 0 spiro atoms. The minimum Gasteiger partial charge on any atom is -0.179 e. The van der Waals surface area contributed by atoms with Crippen molar-refractivity contribution in [2.24, 2.45) is 0 Å². The summed E-state index contributed by atoms with van der Waals surface area (Å²) in [6.07, 6.45) is 23.1. The first kappa shape index (κ1) is 23.0. The summed E-state index contributed by atoms with van der Waals surface area (Å²) in [4.78, 5) is 0. The molecular weight excluding hydrogens is 276 g/mol. The van der Waals surface area contributed by atoms with Crippen LogP contribution in [-0.2, 0) is 0 Å². The van der Waals surface area contributed by atoms with Crippen molar-refractivity contribution < 1.29 is 0 Å². The Hall–Kier alpha value is -0.230. The van der Waals surface area contributed by atoms with E-state index >= 15 is 0 Å². The molecule has 0 saturated carbocycles. The molecule has 2 nitrogen and oxygen atoms in total. The van der Waals surface area contributed by atoms with Gasteiger partial charge in [-0.25, -0.2) is 0 Å². The van der Waals surface area contributed by atoms with Crippen molar-refractivity contribution in [1.29, 1.82) is 10.8 Å². The van der Waals surface area contributed by atoms with Crippen molar-refractivity contribution >= 4 is 12.6 Å². The average Bonchev–Trinajstić information content (AvgIpc) is 2.53. The molecule has 0 N–H and O–H groups in total. The van der Waals surface area contributed by atoms with E-state index in [2.05, 4.69) is 19.6 Å². The van der Waals surface area contributed by atoms with E-state index in [-0.39, 0.29) is 0 Å². The fourth-order valence-electron chi connectivity index (χ4n) is 2.66. The third-order valence-corrected chi connectivity index (χ3v) is 4.33. The van der Waals surface area contributed by atoms with Crippen molar-refractivity contribution in [3.8, 4) is 0 Å². The van der Waals surface area contributed by atoms with Gasteiger partial charge in [-0.3, -0.25) is 0 Å². The van der Waals surface area contributed by atoms with Crippen LogP contribution in [0.1, 0.15) is 110 Å². The van der Waals surface area contributed by atoms with Gasteiger partial charge in [0.25, 0.3) is 0 Å². The number of unbranched alkanes of at least 4 members (excludes halogenated alkanes) is 15. The molecule has 0 heterocycles. The normalized spacial score (nSPS) is 10.1. The van der Waals surface area contributed by atoms with Crippen LogP contribution in [0.4, 0.5) is 0 Å². The maximum Gasteiger partial charge on any atom is 0 e. The molecule has 0 radical (unpaired) electrons. The highest BCUT2D eigenvalue weighted by molar-refractivity contribution is 7.80. The van der Waals surface area contributed by atoms with Crippen LogP contribution in [0.3, 0.4) is 0 Å². The molecule has 0 fully saturated rings. The van der Waals surface area contributed by atoms with Crippen molar-refractivity contribution in [3.63, 3.8) is 0 Å². The molecule has 21 heavy (non-hydrogen) atoms. The van der Waals surface area contributed by atoms with Crippen molar-refractivity contribution in [2.45, 2.75) is 110 Å². The smallest absolute Gasteiger partial charge is 0 e. The maximum atomic E-state index is 6.00. The van der Waals surface area contributed by atoms with Crippen molar-refractivity contribution in [2.75, 3.05) is 5.75 Å². The Bertz CT molecular complexity index is 167. The molecule has 0 aliphatic carbocycles. The summed E-state index contributed by atoms with van der Waals surface area (Å²) >= 11 is 4.24.